The van der Waals surface area contributed by atoms with Crippen LogP contribution < -0.4 is 5.32 Å². The van der Waals surface area contributed by atoms with Crippen molar-refractivity contribution >= 4 is 0 Å². The average molecular weight is 299 g/mol. The lowest BCUT2D eigenvalue weighted by Gasteiger charge is -2.30. The monoisotopic (exact) mass is 298 g/mol. The number of nitrogens with one attached hydrogen (secondary N) is 1. The SMILES string of the molecule is CCCCCCCCCCCCNCC1CN(C)CCO1. The van der Waals surface area contributed by atoms with E-state index in [0.29, 0.717) is 6.10 Å². The van der Waals surface area contributed by atoms with Crippen LogP contribution in [0.3, 0.4) is 0 Å². The third-order valence-electron chi connectivity index (χ3n) is 4.42. The molecule has 1 saturated heterocycles. The first-order valence-corrected chi connectivity index (χ1v) is 9.33. The lowest BCUT2D eigenvalue weighted by atomic mass is 10.1. The Bertz CT molecular complexity index is 223. The summed E-state index contributed by atoms with van der Waals surface area (Å²) in [6, 6.07) is 0. The molecular weight excluding hydrogens is 260 g/mol. The van der Waals surface area contributed by atoms with Gasteiger partial charge in [-0.2, -0.15) is 0 Å². The standard InChI is InChI=1S/C18H38N2O/c1-3-4-5-6-7-8-9-10-11-12-13-19-16-18-17-20(2)14-15-21-18/h18-19H,3-17H2,1-2H3. The molecule has 1 unspecified atom stereocenters. The Labute approximate surface area is 132 Å². The highest BCUT2D eigenvalue weighted by Gasteiger charge is 2.16. The first-order valence-electron chi connectivity index (χ1n) is 9.33. The summed E-state index contributed by atoms with van der Waals surface area (Å²) in [7, 11) is 2.18. The average Bonchev–Trinajstić information content (AvgIpc) is 2.48. The molecule has 126 valence electrons. The molecule has 21 heavy (non-hydrogen) atoms. The molecule has 0 aliphatic carbocycles. The third kappa shape index (κ3) is 11.1. The van der Waals surface area contributed by atoms with Gasteiger partial charge in [-0.1, -0.05) is 64.7 Å². The summed E-state index contributed by atoms with van der Waals surface area (Å²) < 4.78 is 5.74. The van der Waals surface area contributed by atoms with Gasteiger partial charge in [0.2, 0.25) is 0 Å². The van der Waals surface area contributed by atoms with Gasteiger partial charge in [-0.05, 0) is 20.0 Å². The number of hydrogen-bond acceptors (Lipinski definition) is 3. The van der Waals surface area contributed by atoms with Gasteiger partial charge in [0, 0.05) is 19.6 Å². The molecule has 0 aromatic carbocycles. The van der Waals surface area contributed by atoms with E-state index in [4.69, 9.17) is 4.74 Å². The molecule has 0 radical (unpaired) electrons. The number of hydrogen-bond donors (Lipinski definition) is 1. The largest absolute Gasteiger partial charge is 0.374 e. The van der Waals surface area contributed by atoms with E-state index in [9.17, 15) is 0 Å². The van der Waals surface area contributed by atoms with Crippen molar-refractivity contribution in [2.75, 3.05) is 39.8 Å². The summed E-state index contributed by atoms with van der Waals surface area (Å²) >= 11 is 0. The van der Waals surface area contributed by atoms with E-state index in [0.717, 1.165) is 32.8 Å². The zero-order valence-corrected chi connectivity index (χ0v) is 14.5. The Morgan fingerprint density at radius 3 is 2.19 bits per heavy atom. The number of morpholine rings is 1. The highest BCUT2D eigenvalue weighted by atomic mass is 16.5. The molecule has 1 aliphatic rings. The highest BCUT2D eigenvalue weighted by Crippen LogP contribution is 2.10. The minimum absolute atomic E-state index is 0.395. The summed E-state index contributed by atoms with van der Waals surface area (Å²) in [5.41, 5.74) is 0. The van der Waals surface area contributed by atoms with Gasteiger partial charge in [-0.15, -0.1) is 0 Å². The van der Waals surface area contributed by atoms with Gasteiger partial charge in [0.25, 0.3) is 0 Å². The zero-order valence-electron chi connectivity index (χ0n) is 14.5. The van der Waals surface area contributed by atoms with Crippen LogP contribution in [0.15, 0.2) is 0 Å². The number of rotatable bonds is 13. The molecule has 0 spiro atoms. The summed E-state index contributed by atoms with van der Waals surface area (Å²) in [5.74, 6) is 0. The van der Waals surface area contributed by atoms with E-state index in [1.165, 1.54) is 64.2 Å². The van der Waals surface area contributed by atoms with E-state index in [1.807, 2.05) is 0 Å². The second-order valence-electron chi connectivity index (χ2n) is 6.64. The number of unbranched alkanes of at least 4 members (excludes halogenated alkanes) is 9. The Hall–Kier alpha value is -0.120. The first kappa shape index (κ1) is 18.9. The zero-order chi connectivity index (χ0) is 15.2. The van der Waals surface area contributed by atoms with Crippen molar-refractivity contribution in [2.45, 2.75) is 77.2 Å². The minimum atomic E-state index is 0.395. The van der Waals surface area contributed by atoms with Crippen LogP contribution in [0, 0.1) is 0 Å². The van der Waals surface area contributed by atoms with Crippen molar-refractivity contribution < 1.29 is 4.74 Å². The topological polar surface area (TPSA) is 24.5 Å². The van der Waals surface area contributed by atoms with E-state index in [-0.39, 0.29) is 0 Å². The van der Waals surface area contributed by atoms with Crippen molar-refractivity contribution in [2.24, 2.45) is 0 Å². The van der Waals surface area contributed by atoms with Crippen LogP contribution in [0.2, 0.25) is 0 Å². The molecule has 1 rings (SSSR count). The summed E-state index contributed by atoms with van der Waals surface area (Å²) in [6.07, 6.45) is 14.5. The maximum absolute atomic E-state index is 5.74. The number of likely N-dealkylation sites (N-methyl/N-ethyl adjacent to an activating group) is 1. The van der Waals surface area contributed by atoms with Gasteiger partial charge in [0.1, 0.15) is 0 Å². The Balaban J connectivity index is 1.74. The van der Waals surface area contributed by atoms with Crippen LogP contribution in [-0.2, 0) is 4.74 Å². The second-order valence-corrected chi connectivity index (χ2v) is 6.64. The minimum Gasteiger partial charge on any atom is -0.374 e. The molecule has 1 aliphatic heterocycles. The van der Waals surface area contributed by atoms with Crippen LogP contribution in [-0.4, -0.2) is 50.8 Å². The number of ether oxygens (including phenoxy) is 1. The molecule has 0 bridgehead atoms. The fourth-order valence-corrected chi connectivity index (χ4v) is 2.99. The molecule has 1 heterocycles. The lowest BCUT2D eigenvalue weighted by molar-refractivity contribution is -0.0180. The molecule has 0 aromatic rings. The summed E-state index contributed by atoms with van der Waals surface area (Å²) in [6.45, 7) is 7.50. The van der Waals surface area contributed by atoms with E-state index in [2.05, 4.69) is 24.2 Å². The normalized spacial score (nSPS) is 20.0. The van der Waals surface area contributed by atoms with Crippen molar-refractivity contribution in [3.05, 3.63) is 0 Å². The maximum atomic E-state index is 5.74. The van der Waals surface area contributed by atoms with Gasteiger partial charge < -0.3 is 15.0 Å². The molecule has 0 aromatic heterocycles. The predicted octanol–water partition coefficient (Wildman–Crippen LogP) is 3.83. The van der Waals surface area contributed by atoms with Gasteiger partial charge in [0.05, 0.1) is 12.7 Å². The Morgan fingerprint density at radius 1 is 0.952 bits per heavy atom. The van der Waals surface area contributed by atoms with Gasteiger partial charge in [-0.3, -0.25) is 0 Å². The molecule has 1 atom stereocenters. The van der Waals surface area contributed by atoms with E-state index >= 15 is 0 Å². The van der Waals surface area contributed by atoms with Crippen LogP contribution in [0.4, 0.5) is 0 Å². The molecule has 0 saturated carbocycles. The third-order valence-corrected chi connectivity index (χ3v) is 4.42. The predicted molar refractivity (Wildman–Crippen MR) is 92.0 cm³/mol. The molecule has 3 heteroatoms. The van der Waals surface area contributed by atoms with Crippen LogP contribution in [0.1, 0.15) is 71.1 Å². The van der Waals surface area contributed by atoms with Crippen molar-refractivity contribution in [3.63, 3.8) is 0 Å². The second kappa shape index (κ2) is 13.5. The first-order chi connectivity index (χ1) is 10.3. The summed E-state index contributed by atoms with van der Waals surface area (Å²) in [4.78, 5) is 2.36. The lowest BCUT2D eigenvalue weighted by Crippen LogP contribution is -2.44. The molecule has 1 N–H and O–H groups in total. The smallest absolute Gasteiger partial charge is 0.0826 e. The van der Waals surface area contributed by atoms with Crippen molar-refractivity contribution in [3.8, 4) is 0 Å². The molecule has 0 amide bonds. The van der Waals surface area contributed by atoms with Gasteiger partial charge in [0.15, 0.2) is 0 Å². The number of nitrogens with zero attached hydrogens (tertiary/aromatic N) is 1. The van der Waals surface area contributed by atoms with Crippen molar-refractivity contribution in [1.82, 2.24) is 10.2 Å². The fourth-order valence-electron chi connectivity index (χ4n) is 2.99. The quantitative estimate of drug-likeness (QED) is 0.523. The summed E-state index contributed by atoms with van der Waals surface area (Å²) in [5, 5.41) is 3.55. The Kier molecular flexibility index (Phi) is 12.2. The van der Waals surface area contributed by atoms with Gasteiger partial charge in [-0.25, -0.2) is 0 Å². The molecule has 3 nitrogen and oxygen atoms in total. The van der Waals surface area contributed by atoms with Crippen LogP contribution in [0.5, 0.6) is 0 Å². The van der Waals surface area contributed by atoms with Crippen LogP contribution in [0.25, 0.3) is 0 Å². The highest BCUT2D eigenvalue weighted by molar-refractivity contribution is 4.70. The van der Waals surface area contributed by atoms with E-state index < -0.39 is 0 Å². The van der Waals surface area contributed by atoms with Crippen molar-refractivity contribution in [1.29, 1.82) is 0 Å². The molecular formula is C18H38N2O. The molecule has 1 fully saturated rings. The fraction of sp³-hybridized carbons (Fsp3) is 1.00. The van der Waals surface area contributed by atoms with Crippen LogP contribution >= 0.6 is 0 Å². The van der Waals surface area contributed by atoms with E-state index in [1.54, 1.807) is 0 Å². The van der Waals surface area contributed by atoms with Gasteiger partial charge >= 0.3 is 0 Å². The Morgan fingerprint density at radius 2 is 1.57 bits per heavy atom. The maximum Gasteiger partial charge on any atom is 0.0826 e.